The van der Waals surface area contributed by atoms with E-state index in [4.69, 9.17) is 8.19 Å². The summed E-state index contributed by atoms with van der Waals surface area (Å²) in [5.41, 5.74) is 0.422. The summed E-state index contributed by atoms with van der Waals surface area (Å²) in [6.07, 6.45) is 0. The van der Waals surface area contributed by atoms with Gasteiger partial charge in [-0.3, -0.25) is 0 Å². The van der Waals surface area contributed by atoms with E-state index >= 15 is 0 Å². The van der Waals surface area contributed by atoms with Crippen LogP contribution < -0.4 is 15.0 Å². The number of rotatable bonds is 4. The Labute approximate surface area is 117 Å². The molecule has 0 aliphatic heterocycles. The van der Waals surface area contributed by atoms with Gasteiger partial charge in [0.05, 0.1) is 0 Å². The normalized spacial score (nSPS) is 10.8. The standard InChI is InChI=1S/C9H11AsN2O4S2/c13-9(11-5-8(17)18)12-7-3-1-6(2-4-7)10(14,15)16/h1-4H,5H2,(H,17,18)(H2,11,12,13)(H2,14,15,16). The van der Waals surface area contributed by atoms with Crippen LogP contribution in [0, 0.1) is 0 Å². The average molecular weight is 350 g/mol. The minimum absolute atomic E-state index is 0.0457. The number of hydrogen-bond donors (Lipinski definition) is 5. The van der Waals surface area contributed by atoms with Crippen molar-refractivity contribution in [1.82, 2.24) is 5.32 Å². The van der Waals surface area contributed by atoms with Crippen LogP contribution in [-0.4, -0.2) is 39.1 Å². The van der Waals surface area contributed by atoms with Gasteiger partial charge in [-0.15, -0.1) is 0 Å². The molecule has 0 bridgehead atoms. The van der Waals surface area contributed by atoms with Crippen molar-refractivity contribution in [2.45, 2.75) is 0 Å². The summed E-state index contributed by atoms with van der Waals surface area (Å²) >= 11 is 3.66. The Kier molecular flexibility index (Phi) is 5.43. The number of nitrogens with one attached hydrogen (secondary N) is 2. The zero-order valence-electron chi connectivity index (χ0n) is 9.03. The Hall–Kier alpha value is -0.792. The fourth-order valence-electron chi connectivity index (χ4n) is 1.07. The molecule has 0 aliphatic rings. The van der Waals surface area contributed by atoms with Gasteiger partial charge in [0.15, 0.2) is 0 Å². The third kappa shape index (κ3) is 5.24. The second-order valence-corrected chi connectivity index (χ2v) is 7.99. The summed E-state index contributed by atoms with van der Waals surface area (Å²) in [5, 5.41) is 4.94. The molecular formula is C9H11AsN2O4S2. The number of anilines is 1. The predicted molar refractivity (Wildman–Crippen MR) is 75.6 cm³/mol. The van der Waals surface area contributed by atoms with Gasteiger partial charge in [0.25, 0.3) is 0 Å². The second kappa shape index (κ2) is 6.40. The molecule has 98 valence electrons. The van der Waals surface area contributed by atoms with E-state index in [1.165, 1.54) is 24.3 Å². The van der Waals surface area contributed by atoms with E-state index in [9.17, 15) is 8.53 Å². The molecule has 0 fully saturated rings. The molecular weight excluding hydrogens is 339 g/mol. The van der Waals surface area contributed by atoms with Crippen molar-refractivity contribution in [2.24, 2.45) is 0 Å². The molecule has 0 unspecified atom stereocenters. The van der Waals surface area contributed by atoms with Crippen LogP contribution in [0.15, 0.2) is 24.3 Å². The molecule has 6 nitrogen and oxygen atoms in total. The van der Waals surface area contributed by atoms with Crippen LogP contribution in [0.4, 0.5) is 10.5 Å². The quantitative estimate of drug-likeness (QED) is 0.290. The van der Waals surface area contributed by atoms with Crippen LogP contribution in [0.25, 0.3) is 0 Å². The van der Waals surface area contributed by atoms with E-state index in [1.807, 2.05) is 0 Å². The van der Waals surface area contributed by atoms with Gasteiger partial charge in [-0.1, -0.05) is 0 Å². The number of hydrogen-bond acceptors (Lipinski definition) is 3. The number of urea groups is 1. The van der Waals surface area contributed by atoms with Crippen molar-refractivity contribution in [2.75, 3.05) is 11.9 Å². The van der Waals surface area contributed by atoms with Gasteiger partial charge in [0.2, 0.25) is 0 Å². The Balaban J connectivity index is 2.61. The molecule has 0 aromatic heterocycles. The molecule has 9 heteroatoms. The fraction of sp³-hybridized carbons (Fsp3) is 0.111. The van der Waals surface area contributed by atoms with Gasteiger partial charge < -0.3 is 0 Å². The molecule has 1 rings (SSSR count). The molecule has 0 spiro atoms. The van der Waals surface area contributed by atoms with Crippen LogP contribution in [0.2, 0.25) is 0 Å². The van der Waals surface area contributed by atoms with Crippen molar-refractivity contribution in [3.8, 4) is 0 Å². The molecule has 1 aromatic rings. The van der Waals surface area contributed by atoms with Crippen molar-refractivity contribution in [3.63, 3.8) is 0 Å². The first-order chi connectivity index (χ1) is 8.29. The summed E-state index contributed by atoms with van der Waals surface area (Å²) in [4.78, 5) is 11.3. The fourth-order valence-corrected chi connectivity index (χ4v) is 2.35. The minimum atomic E-state index is -4.86. The van der Waals surface area contributed by atoms with Crippen molar-refractivity contribution in [3.05, 3.63) is 24.3 Å². The Morgan fingerprint density at radius 2 is 1.89 bits per heavy atom. The third-order valence-corrected chi connectivity index (χ3v) is 4.20. The first-order valence-corrected chi connectivity index (χ1v) is 8.95. The number of carbonyl (C=O) groups excluding carboxylic acids is 1. The molecule has 0 heterocycles. The number of thiol groups is 1. The first kappa shape index (κ1) is 15.3. The van der Waals surface area contributed by atoms with Gasteiger partial charge in [0.1, 0.15) is 0 Å². The predicted octanol–water partition coefficient (Wildman–Crippen LogP) is -0.374. The van der Waals surface area contributed by atoms with Gasteiger partial charge >= 0.3 is 117 Å². The molecule has 4 N–H and O–H groups in total. The summed E-state index contributed by atoms with van der Waals surface area (Å²) in [6, 6.07) is 4.90. The van der Waals surface area contributed by atoms with E-state index in [0.717, 1.165) is 0 Å². The summed E-state index contributed by atoms with van der Waals surface area (Å²) < 4.78 is 29.2. The average Bonchev–Trinajstić information content (AvgIpc) is 2.26. The molecule has 0 saturated carbocycles. The zero-order chi connectivity index (χ0) is 13.8. The van der Waals surface area contributed by atoms with Crippen LogP contribution in [0.5, 0.6) is 0 Å². The topological polar surface area (TPSA) is 98.7 Å². The van der Waals surface area contributed by atoms with Crippen molar-refractivity contribution in [1.29, 1.82) is 0 Å². The third-order valence-electron chi connectivity index (χ3n) is 1.86. The van der Waals surface area contributed by atoms with Crippen LogP contribution in [-0.2, 0) is 3.74 Å². The van der Waals surface area contributed by atoms with Gasteiger partial charge in [-0.25, -0.2) is 0 Å². The first-order valence-electron chi connectivity index (χ1n) is 4.72. The number of thiocarbonyl (C=S) groups is 1. The van der Waals surface area contributed by atoms with Crippen LogP contribution in [0.3, 0.4) is 0 Å². The number of carbonyl (C=O) groups is 1. The summed E-state index contributed by atoms with van der Waals surface area (Å²) in [6.45, 7) is 0.161. The van der Waals surface area contributed by atoms with E-state index < -0.39 is 20.2 Å². The van der Waals surface area contributed by atoms with Gasteiger partial charge in [0, 0.05) is 0 Å². The van der Waals surface area contributed by atoms with Crippen LogP contribution >= 0.6 is 24.8 Å². The SMILES string of the molecule is O=C(NCC(=S)S)Nc1ccc([As](=O)(O)O)cc1. The Bertz CT molecular complexity index is 500. The van der Waals surface area contributed by atoms with E-state index in [0.29, 0.717) is 9.88 Å². The van der Waals surface area contributed by atoms with Crippen molar-refractivity contribution >= 4 is 59.3 Å². The molecule has 0 radical (unpaired) electrons. The monoisotopic (exact) mass is 350 g/mol. The zero-order valence-corrected chi connectivity index (χ0v) is 12.6. The summed E-state index contributed by atoms with van der Waals surface area (Å²) in [7, 11) is 0. The van der Waals surface area contributed by atoms with E-state index in [2.05, 4.69) is 35.5 Å². The van der Waals surface area contributed by atoms with Crippen molar-refractivity contribution < 1.29 is 16.7 Å². The van der Waals surface area contributed by atoms with E-state index in [-0.39, 0.29) is 10.9 Å². The number of amides is 2. The van der Waals surface area contributed by atoms with Gasteiger partial charge in [-0.2, -0.15) is 0 Å². The maximum absolute atomic E-state index is 11.3. The van der Waals surface area contributed by atoms with Gasteiger partial charge in [-0.05, 0) is 0 Å². The number of benzene rings is 1. The summed E-state index contributed by atoms with van der Waals surface area (Å²) in [5.74, 6) is 0. The molecule has 18 heavy (non-hydrogen) atoms. The molecule has 0 atom stereocenters. The Morgan fingerprint density at radius 3 is 2.33 bits per heavy atom. The maximum atomic E-state index is 11.3. The molecule has 1 aromatic carbocycles. The second-order valence-electron chi connectivity index (χ2n) is 3.29. The van der Waals surface area contributed by atoms with E-state index in [1.54, 1.807) is 0 Å². The molecule has 0 saturated heterocycles. The Morgan fingerprint density at radius 1 is 1.33 bits per heavy atom. The molecule has 2 amide bonds. The van der Waals surface area contributed by atoms with Crippen LogP contribution in [0.1, 0.15) is 0 Å². The molecule has 0 aliphatic carbocycles.